The summed E-state index contributed by atoms with van der Waals surface area (Å²) in [5, 5.41) is 97.7. The number of azide groups is 3. The zero-order chi connectivity index (χ0) is 98.2. The topological polar surface area (TPSA) is 587 Å². The van der Waals surface area contributed by atoms with Crippen LogP contribution in [-0.4, -0.2) is 257 Å². The molecular formula is C91H154AlLiN13NaO25S. The Morgan fingerprint density at radius 1 is 0.398 bits per heavy atom. The third-order valence-electron chi connectivity index (χ3n) is 24.1. The van der Waals surface area contributed by atoms with Crippen LogP contribution < -0.4 is 73.1 Å². The number of aryl methyl sites for hydroxylation is 1. The van der Waals surface area contributed by atoms with Crippen LogP contribution >= 0.6 is 0 Å². The van der Waals surface area contributed by atoms with Crippen LogP contribution in [-0.2, 0) is 52.2 Å². The van der Waals surface area contributed by atoms with Crippen LogP contribution in [0.25, 0.3) is 47.3 Å². The average Bonchev–Trinajstić information content (AvgIpc) is 0.649. The predicted molar refractivity (Wildman–Crippen MR) is 506 cm³/mol. The van der Waals surface area contributed by atoms with E-state index in [0.29, 0.717) is 71.0 Å². The summed E-state index contributed by atoms with van der Waals surface area (Å²) < 4.78 is 96.7. The fraction of sp³-hybridized carbons (Fsp3) is 0.670. The molecule has 38 nitrogen and oxygen atoms in total. The Hall–Kier alpha value is -6.18. The van der Waals surface area contributed by atoms with Gasteiger partial charge in [-0.15, -0.1) is 0 Å². The minimum absolute atomic E-state index is 0. The average molecular weight is 1920 g/mol. The first-order valence-electron chi connectivity index (χ1n) is 43.6. The van der Waals surface area contributed by atoms with Crippen LogP contribution in [0.5, 0.6) is 23.0 Å². The number of hydrogen-bond acceptors (Lipinski definition) is 29. The number of methoxy groups -OCH3 is 4. The van der Waals surface area contributed by atoms with Crippen molar-refractivity contribution in [2.24, 2.45) is 64.4 Å². The standard InChI is InChI=1S/C21H26O6S.C14H19N3O3.C14H20O4.C13H18O5.C8H17N3.C8H19N.C6H13N3O2.C5H12O4.C2H6O.Al.Li.N3.Na.4H/c1-4-21(15-27-28(22,23)19-11-5-16(2)6-12-19)13-25-20(26-14-21)17-7-9-18(24-3)10-8-17;1-3-14(8-16-17-15)9-19-13(20-10-14)11-4-6-12(18-2)7-5-11;1-3-14(8-15)9-17-13(18-10-14)11-4-6-12(16-2)7-5-11;1-16-11-4-2-10(3-5-11)12-17-8-13(6-14,7-15)9-18-12;1-4-8(5-2,6-3)7-10-11-9;1-4-8(5-2,6-3)7-9;1-2-6(4-10,5-11)3-8-9-7;6-1-5(2-7,3-8)4-9;1-2-3;;;1-3-2;;;;;/h5-12,20H,4,13-15H2,1-3H3;4-7,13H,3,8-10H2,1-2H3;4-7,13,15H,3,8-10H2,1-2H3;2-5,12,14-15H,6-9H2,1H3;4-7H2,1-3H3;4-7,9H2,1-3H3;10-11H,2-5H2,1H3;6-9H,1-4H2;3H,2H2,1H3;;;;;;;;/q;;;;;;;;;;+1;-1;+1;;;;-1. The minimum Gasteiger partial charge on any atom is -1.00 e. The van der Waals surface area contributed by atoms with Crippen molar-refractivity contribution in [3.8, 4) is 23.0 Å². The van der Waals surface area contributed by atoms with E-state index in [0.717, 1.165) is 89.5 Å². The molecule has 0 bridgehead atoms. The third-order valence-corrected chi connectivity index (χ3v) is 25.3. The Bertz CT molecular complexity index is 3870. The number of aliphatic hydroxyl groups excluding tert-OH is 10. The minimum atomic E-state index is -3.82. The van der Waals surface area contributed by atoms with Gasteiger partial charge in [0.25, 0.3) is 10.1 Å². The second-order valence-electron chi connectivity index (χ2n) is 32.2. The number of nitrogens with two attached hydrogens (primary N) is 1. The number of benzene rings is 5. The van der Waals surface area contributed by atoms with Gasteiger partial charge in [-0.05, 0) is 153 Å². The molecule has 133 heavy (non-hydrogen) atoms. The molecule has 0 spiro atoms. The number of hydrogen-bond donors (Lipinski definition) is 11. The summed E-state index contributed by atoms with van der Waals surface area (Å²) in [6.45, 7) is 28.1. The van der Waals surface area contributed by atoms with Crippen molar-refractivity contribution in [3.05, 3.63) is 196 Å². The van der Waals surface area contributed by atoms with Gasteiger partial charge in [0.1, 0.15) is 23.0 Å². The van der Waals surface area contributed by atoms with Gasteiger partial charge in [0.05, 0.1) is 163 Å². The monoisotopic (exact) mass is 1920 g/mol. The molecule has 4 aliphatic rings. The molecule has 0 aliphatic carbocycles. The molecule has 744 valence electrons. The quantitative estimate of drug-likeness (QED) is 0.00582. The zero-order valence-electron chi connectivity index (χ0n) is 82.1. The molecule has 9 rings (SSSR count). The molecule has 5 aromatic rings. The Balaban J connectivity index is -0.000000480. The maximum atomic E-state index is 12.5. The Morgan fingerprint density at radius 2 is 0.647 bits per heavy atom. The molecular weight excluding hydrogens is 1760 g/mol. The van der Waals surface area contributed by atoms with Crippen molar-refractivity contribution in [1.29, 1.82) is 0 Å². The second kappa shape index (κ2) is 73.9. The Labute approximate surface area is 833 Å². The van der Waals surface area contributed by atoms with Crippen LogP contribution in [0.15, 0.2) is 142 Å². The molecule has 0 aromatic heterocycles. The van der Waals surface area contributed by atoms with Crippen LogP contribution in [0, 0.1) is 50.2 Å². The van der Waals surface area contributed by atoms with Crippen molar-refractivity contribution in [1.82, 2.24) is 0 Å². The first-order valence-corrected chi connectivity index (χ1v) is 45.0. The first kappa shape index (κ1) is 133. The van der Waals surface area contributed by atoms with Crippen LogP contribution in [0.1, 0.15) is 195 Å². The molecule has 0 saturated carbocycles. The van der Waals surface area contributed by atoms with Crippen molar-refractivity contribution in [2.45, 2.75) is 177 Å². The van der Waals surface area contributed by atoms with E-state index in [4.69, 9.17) is 130 Å². The molecule has 4 fully saturated rings. The summed E-state index contributed by atoms with van der Waals surface area (Å²) in [5.41, 5.74) is 45.8. The van der Waals surface area contributed by atoms with Gasteiger partial charge in [-0.1, -0.05) is 170 Å². The fourth-order valence-corrected chi connectivity index (χ4v) is 13.2. The molecule has 4 heterocycles. The first-order chi connectivity index (χ1) is 62.4. The van der Waals surface area contributed by atoms with Crippen molar-refractivity contribution >= 4 is 27.5 Å². The van der Waals surface area contributed by atoms with Crippen LogP contribution in [0.3, 0.4) is 0 Å². The Morgan fingerprint density at radius 3 is 0.857 bits per heavy atom. The number of ether oxygens (including phenoxy) is 12. The van der Waals surface area contributed by atoms with Gasteiger partial charge < -0.3 is 126 Å². The van der Waals surface area contributed by atoms with Gasteiger partial charge in [-0.3, -0.25) is 9.09 Å². The Kier molecular flexibility index (Phi) is 74.0. The summed E-state index contributed by atoms with van der Waals surface area (Å²) in [7, 11) is 2.67. The van der Waals surface area contributed by atoms with E-state index >= 15 is 0 Å². The SMILES string of the molecule is CCC(CC)(CC)CN.CCC(CC)(CC)CN=[N+]=[N-].CCC(CO)(CO)CN=[N+]=[N-].CCC1(CN=[N+]=[N-])COC(c2ccc(OC)cc2)OC1.CCC1(CO)COC(c2ccc(OC)cc2)OC1.CCC1(COS(=O)(=O)c2ccc(C)cc2)COC(c2ccc(OC)cc2)OC1.CCO.COc1ccc(C2OCC(CO)(CO)CO2)cc1.OCC(CO)(CO)CO.[AlH3].[H-].[Li+].[N-]=[N+]=[N-].[Na+]. The van der Waals surface area contributed by atoms with Crippen LogP contribution in [0.2, 0.25) is 0 Å². The van der Waals surface area contributed by atoms with Crippen LogP contribution in [0.4, 0.5) is 0 Å². The van der Waals surface area contributed by atoms with Crippen molar-refractivity contribution in [2.75, 3.05) is 180 Å². The van der Waals surface area contributed by atoms with Gasteiger partial charge in [0.2, 0.25) is 0 Å². The summed E-state index contributed by atoms with van der Waals surface area (Å²) in [6, 6.07) is 36.7. The summed E-state index contributed by atoms with van der Waals surface area (Å²) in [4.78, 5) is 9.83. The molecule has 42 heteroatoms. The summed E-state index contributed by atoms with van der Waals surface area (Å²) in [6.07, 6.45) is 8.25. The molecule has 5 aromatic carbocycles. The normalized spacial score (nSPS) is 18.7. The molecule has 0 radical (unpaired) electrons. The fourth-order valence-electron chi connectivity index (χ4n) is 12.2. The van der Waals surface area contributed by atoms with Gasteiger partial charge in [0, 0.05) is 84.9 Å². The van der Waals surface area contributed by atoms with Crippen molar-refractivity contribution in [3.63, 3.8) is 0 Å². The molecule has 0 amide bonds. The van der Waals surface area contributed by atoms with E-state index in [9.17, 15) is 23.7 Å². The van der Waals surface area contributed by atoms with Gasteiger partial charge in [-0.2, -0.15) is 8.42 Å². The van der Waals surface area contributed by atoms with Crippen molar-refractivity contribution < 1.29 is 170 Å². The smallest absolute Gasteiger partial charge is 1.00 e. The molecule has 12 N–H and O–H groups in total. The van der Waals surface area contributed by atoms with E-state index < -0.39 is 70.8 Å². The molecule has 0 atom stereocenters. The summed E-state index contributed by atoms with van der Waals surface area (Å²) >= 11 is 0. The van der Waals surface area contributed by atoms with Gasteiger partial charge in [0.15, 0.2) is 42.5 Å². The molecule has 4 aliphatic heterocycles. The van der Waals surface area contributed by atoms with E-state index in [1.54, 1.807) is 59.6 Å². The summed E-state index contributed by atoms with van der Waals surface area (Å²) in [5.74, 6) is 3.15. The van der Waals surface area contributed by atoms with E-state index in [1.807, 2.05) is 132 Å². The number of nitrogens with zero attached hydrogens (tertiary/aromatic N) is 12. The van der Waals surface area contributed by atoms with E-state index in [1.165, 1.54) is 24.2 Å². The largest absolute Gasteiger partial charge is 1.00 e. The maximum Gasteiger partial charge on any atom is 1.00 e. The van der Waals surface area contributed by atoms with Gasteiger partial charge >= 0.3 is 48.4 Å². The number of rotatable bonds is 38. The third kappa shape index (κ3) is 46.4. The molecule has 0 unspecified atom stereocenters. The van der Waals surface area contributed by atoms with E-state index in [-0.39, 0.29) is 167 Å². The predicted octanol–water partition coefficient (Wildman–Crippen LogP) is 8.23. The van der Waals surface area contributed by atoms with E-state index in [2.05, 4.69) is 71.6 Å². The number of aliphatic hydroxyl groups is 10. The maximum absolute atomic E-state index is 12.5. The van der Waals surface area contributed by atoms with Gasteiger partial charge in [-0.25, -0.2) is 0 Å². The second-order valence-corrected chi connectivity index (χ2v) is 33.8. The zero-order valence-corrected chi connectivity index (χ0v) is 84.0. The molecule has 4 saturated heterocycles.